The van der Waals surface area contributed by atoms with Gasteiger partial charge in [-0.25, -0.2) is 0 Å². The number of methoxy groups -OCH3 is 1. The maximum absolute atomic E-state index is 5.29. The smallest absolute Gasteiger partial charge is 0.119 e. The van der Waals surface area contributed by atoms with Gasteiger partial charge in [-0.05, 0) is 86.7 Å². The van der Waals surface area contributed by atoms with Crippen LogP contribution in [0, 0.1) is 46.5 Å². The summed E-state index contributed by atoms with van der Waals surface area (Å²) >= 11 is 0. The van der Waals surface area contributed by atoms with Crippen molar-refractivity contribution in [3.05, 3.63) is 63.2 Å². The van der Waals surface area contributed by atoms with Crippen molar-refractivity contribution in [1.29, 1.82) is 0 Å². The predicted molar refractivity (Wildman–Crippen MR) is 89.1 cm³/mol. The lowest BCUT2D eigenvalue weighted by Gasteiger charge is -2.07. The summed E-state index contributed by atoms with van der Waals surface area (Å²) in [5.41, 5.74) is 8.40. The topological polar surface area (TPSA) is 9.23 Å². The van der Waals surface area contributed by atoms with E-state index in [1.165, 1.54) is 16.7 Å². The molecule has 0 unspecified atom stereocenters. The molecule has 0 fully saturated rings. The first-order valence-electron chi connectivity index (χ1n) is 7.17. The second kappa shape index (κ2) is 6.06. The molecule has 0 atom stereocenters. The Morgan fingerprint density at radius 1 is 0.714 bits per heavy atom. The second-order valence-corrected chi connectivity index (χ2v) is 5.62. The molecule has 2 aromatic rings. The third kappa shape index (κ3) is 3.28. The van der Waals surface area contributed by atoms with Crippen LogP contribution in [0.15, 0.2) is 24.3 Å². The summed E-state index contributed by atoms with van der Waals surface area (Å²) in [4.78, 5) is 0. The molecule has 0 saturated carbocycles. The van der Waals surface area contributed by atoms with Crippen molar-refractivity contribution in [1.82, 2.24) is 0 Å². The minimum Gasteiger partial charge on any atom is -0.497 e. The molecule has 0 N–H and O–H groups in total. The van der Waals surface area contributed by atoms with Crippen LogP contribution in [0.5, 0.6) is 5.75 Å². The van der Waals surface area contributed by atoms with Gasteiger partial charge in [-0.2, -0.15) is 0 Å². The van der Waals surface area contributed by atoms with Crippen molar-refractivity contribution in [2.24, 2.45) is 0 Å². The van der Waals surface area contributed by atoms with E-state index in [0.717, 1.165) is 28.0 Å². The Bertz CT molecular complexity index is 696. The lowest BCUT2D eigenvalue weighted by Crippen LogP contribution is -1.92. The summed E-state index contributed by atoms with van der Waals surface area (Å²) in [5, 5.41) is 0. The fourth-order valence-corrected chi connectivity index (χ4v) is 2.48. The zero-order valence-corrected chi connectivity index (χ0v) is 13.7. The molecule has 0 saturated heterocycles. The van der Waals surface area contributed by atoms with Crippen molar-refractivity contribution < 1.29 is 4.74 Å². The first-order valence-corrected chi connectivity index (χ1v) is 7.17. The summed E-state index contributed by atoms with van der Waals surface area (Å²) in [6, 6.07) is 8.37. The first kappa shape index (κ1) is 15.2. The highest BCUT2D eigenvalue weighted by Gasteiger charge is 2.03. The molecular weight excluding hydrogens is 256 g/mol. The van der Waals surface area contributed by atoms with Crippen LogP contribution in [-0.2, 0) is 0 Å². The van der Waals surface area contributed by atoms with E-state index in [2.05, 4.69) is 58.6 Å². The maximum Gasteiger partial charge on any atom is 0.119 e. The van der Waals surface area contributed by atoms with Gasteiger partial charge in [-0.3, -0.25) is 0 Å². The van der Waals surface area contributed by atoms with Crippen molar-refractivity contribution in [2.75, 3.05) is 7.11 Å². The molecule has 0 aliphatic rings. The number of ether oxygens (including phenoxy) is 1. The molecule has 0 amide bonds. The van der Waals surface area contributed by atoms with Crippen LogP contribution in [0.2, 0.25) is 0 Å². The number of rotatable bonds is 1. The Morgan fingerprint density at radius 3 is 1.71 bits per heavy atom. The maximum atomic E-state index is 5.29. The molecule has 0 spiro atoms. The average molecular weight is 278 g/mol. The van der Waals surface area contributed by atoms with Crippen molar-refractivity contribution >= 4 is 0 Å². The summed E-state index contributed by atoms with van der Waals surface area (Å²) in [6.07, 6.45) is 0. The van der Waals surface area contributed by atoms with Gasteiger partial charge >= 0.3 is 0 Å². The molecule has 1 heteroatoms. The zero-order chi connectivity index (χ0) is 15.6. The highest BCUT2D eigenvalue weighted by molar-refractivity contribution is 5.54. The number of benzene rings is 2. The minimum absolute atomic E-state index is 0.887. The zero-order valence-electron chi connectivity index (χ0n) is 13.7. The number of hydrogen-bond acceptors (Lipinski definition) is 1. The van der Waals surface area contributed by atoms with Crippen LogP contribution >= 0.6 is 0 Å². The van der Waals surface area contributed by atoms with E-state index in [9.17, 15) is 0 Å². The van der Waals surface area contributed by atoms with Crippen molar-refractivity contribution in [2.45, 2.75) is 34.6 Å². The molecule has 108 valence electrons. The third-order valence-electron chi connectivity index (χ3n) is 4.00. The van der Waals surface area contributed by atoms with Crippen LogP contribution in [0.25, 0.3) is 0 Å². The second-order valence-electron chi connectivity index (χ2n) is 5.62. The SMILES string of the molecule is COc1cc(C)c(C#Cc2cc(C)c(C)c(C)c2)c(C)c1. The molecule has 0 radical (unpaired) electrons. The highest BCUT2D eigenvalue weighted by Crippen LogP contribution is 2.21. The van der Waals surface area contributed by atoms with Crippen molar-refractivity contribution in [3.63, 3.8) is 0 Å². The van der Waals surface area contributed by atoms with Crippen LogP contribution < -0.4 is 4.74 Å². The van der Waals surface area contributed by atoms with Gasteiger partial charge in [-0.15, -0.1) is 0 Å². The standard InChI is InChI=1S/C20H22O/c1-13-9-18(10-14(2)17(13)5)7-8-20-15(3)11-19(21-6)12-16(20)4/h9-12H,1-6H3. The lowest BCUT2D eigenvalue weighted by molar-refractivity contribution is 0.414. The van der Waals surface area contributed by atoms with Gasteiger partial charge in [0.1, 0.15) is 5.75 Å². The van der Waals surface area contributed by atoms with Gasteiger partial charge < -0.3 is 4.74 Å². The monoisotopic (exact) mass is 278 g/mol. The van der Waals surface area contributed by atoms with E-state index in [0.29, 0.717) is 0 Å². The minimum atomic E-state index is 0.887. The van der Waals surface area contributed by atoms with Gasteiger partial charge in [0.15, 0.2) is 0 Å². The Kier molecular flexibility index (Phi) is 4.38. The molecule has 0 aliphatic heterocycles. The fraction of sp³-hybridized carbons (Fsp3) is 0.300. The Labute approximate surface area is 128 Å². The molecule has 2 rings (SSSR count). The summed E-state index contributed by atoms with van der Waals surface area (Å²) < 4.78 is 5.29. The molecular formula is C20H22O. The fourth-order valence-electron chi connectivity index (χ4n) is 2.48. The summed E-state index contributed by atoms with van der Waals surface area (Å²) in [6.45, 7) is 10.6. The molecule has 0 aliphatic carbocycles. The van der Waals surface area contributed by atoms with Gasteiger partial charge in [0, 0.05) is 11.1 Å². The predicted octanol–water partition coefficient (Wildman–Crippen LogP) is 4.64. The van der Waals surface area contributed by atoms with Crippen LogP contribution in [-0.4, -0.2) is 7.11 Å². The Hall–Kier alpha value is -2.20. The van der Waals surface area contributed by atoms with Crippen LogP contribution in [0.4, 0.5) is 0 Å². The van der Waals surface area contributed by atoms with Gasteiger partial charge in [0.2, 0.25) is 0 Å². The van der Waals surface area contributed by atoms with Crippen molar-refractivity contribution in [3.8, 4) is 17.6 Å². The van der Waals surface area contributed by atoms with Gasteiger partial charge in [-0.1, -0.05) is 11.8 Å². The summed E-state index contributed by atoms with van der Waals surface area (Å²) in [5.74, 6) is 7.50. The van der Waals surface area contributed by atoms with E-state index in [1.807, 2.05) is 12.1 Å². The quantitative estimate of drug-likeness (QED) is 0.691. The molecule has 2 aromatic carbocycles. The summed E-state index contributed by atoms with van der Waals surface area (Å²) in [7, 11) is 1.69. The third-order valence-corrected chi connectivity index (χ3v) is 4.00. The average Bonchev–Trinajstić information content (AvgIpc) is 2.43. The van der Waals surface area contributed by atoms with E-state index < -0.39 is 0 Å². The Balaban J connectivity index is 2.45. The first-order chi connectivity index (χ1) is 9.92. The Morgan fingerprint density at radius 2 is 1.24 bits per heavy atom. The van der Waals surface area contributed by atoms with E-state index in [4.69, 9.17) is 4.74 Å². The molecule has 0 heterocycles. The highest BCUT2D eigenvalue weighted by atomic mass is 16.5. The van der Waals surface area contributed by atoms with Crippen LogP contribution in [0.3, 0.4) is 0 Å². The normalized spacial score (nSPS) is 10.0. The van der Waals surface area contributed by atoms with E-state index in [1.54, 1.807) is 7.11 Å². The number of aryl methyl sites for hydroxylation is 4. The number of hydrogen-bond donors (Lipinski definition) is 0. The lowest BCUT2D eigenvalue weighted by atomic mass is 9.99. The molecule has 0 bridgehead atoms. The molecule has 1 nitrogen and oxygen atoms in total. The largest absolute Gasteiger partial charge is 0.497 e. The molecule has 21 heavy (non-hydrogen) atoms. The molecule has 0 aromatic heterocycles. The van der Waals surface area contributed by atoms with Crippen LogP contribution in [0.1, 0.15) is 38.9 Å². The van der Waals surface area contributed by atoms with E-state index in [-0.39, 0.29) is 0 Å². The van der Waals surface area contributed by atoms with Gasteiger partial charge in [0.25, 0.3) is 0 Å². The van der Waals surface area contributed by atoms with E-state index >= 15 is 0 Å². The van der Waals surface area contributed by atoms with Gasteiger partial charge in [0.05, 0.1) is 7.11 Å².